The predicted molar refractivity (Wildman–Crippen MR) is 117 cm³/mol. The Hall–Kier alpha value is -1.93. The number of hydrogen-bond acceptors (Lipinski definition) is 4. The molecule has 9 heteroatoms. The largest absolute Gasteiger partial charge is 0.493 e. The van der Waals surface area contributed by atoms with Gasteiger partial charge >= 0.3 is 0 Å². The van der Waals surface area contributed by atoms with Gasteiger partial charge in [0.15, 0.2) is 5.69 Å². The van der Waals surface area contributed by atoms with Crippen molar-refractivity contribution in [2.75, 3.05) is 13.1 Å². The van der Waals surface area contributed by atoms with Crippen LogP contribution >= 0.6 is 39.1 Å². The number of carbonyl (C=O) groups is 1. The molecule has 1 N–H and O–H groups in total. The van der Waals surface area contributed by atoms with Crippen molar-refractivity contribution in [3.63, 3.8) is 0 Å². The summed E-state index contributed by atoms with van der Waals surface area (Å²) < 4.78 is 2.63. The summed E-state index contributed by atoms with van der Waals surface area (Å²) in [4.78, 5) is 14.7. The second-order valence-corrected chi connectivity index (χ2v) is 8.62. The lowest BCUT2D eigenvalue weighted by atomic mass is 10.2. The molecule has 0 saturated carbocycles. The van der Waals surface area contributed by atoms with Gasteiger partial charge in [0.05, 0.1) is 22.8 Å². The molecule has 1 saturated heterocycles. The molecule has 0 unspecified atom stereocenters. The number of aromatic hydroxyl groups is 1. The Labute approximate surface area is 185 Å². The highest BCUT2D eigenvalue weighted by Crippen LogP contribution is 2.40. The minimum Gasteiger partial charge on any atom is -0.493 e. The number of aromatic nitrogens is 1. The van der Waals surface area contributed by atoms with Crippen LogP contribution in [0.15, 0.2) is 51.1 Å². The number of halogens is 3. The maximum Gasteiger partial charge on any atom is 0.296 e. The molecule has 0 aliphatic carbocycles. The summed E-state index contributed by atoms with van der Waals surface area (Å²) in [6, 6.07) is 10.2. The molecule has 1 fully saturated rings. The van der Waals surface area contributed by atoms with E-state index in [9.17, 15) is 9.90 Å². The van der Waals surface area contributed by atoms with Gasteiger partial charge in [-0.25, -0.2) is 0 Å². The van der Waals surface area contributed by atoms with Gasteiger partial charge in [0.25, 0.3) is 5.91 Å². The van der Waals surface area contributed by atoms with E-state index in [0.717, 1.165) is 35.9 Å². The summed E-state index contributed by atoms with van der Waals surface area (Å²) in [5.41, 5.74) is 1.27. The highest BCUT2D eigenvalue weighted by atomic mass is 79.9. The van der Waals surface area contributed by atoms with Crippen LogP contribution in [-0.2, 0) is 6.67 Å². The van der Waals surface area contributed by atoms with E-state index in [2.05, 4.69) is 31.1 Å². The zero-order valence-electron chi connectivity index (χ0n) is 15.3. The van der Waals surface area contributed by atoms with Crippen LogP contribution in [0.4, 0.5) is 5.69 Å². The molecular formula is C20H17BrCl2N4O2. The van der Waals surface area contributed by atoms with Crippen LogP contribution in [0.25, 0.3) is 10.9 Å². The van der Waals surface area contributed by atoms with Crippen LogP contribution in [0.2, 0.25) is 10.0 Å². The zero-order valence-corrected chi connectivity index (χ0v) is 18.4. The summed E-state index contributed by atoms with van der Waals surface area (Å²) in [5, 5.41) is 20.1. The van der Waals surface area contributed by atoms with Crippen LogP contribution in [0.5, 0.6) is 5.88 Å². The second-order valence-electron chi connectivity index (χ2n) is 6.86. The Morgan fingerprint density at radius 2 is 1.90 bits per heavy atom. The molecule has 0 atom stereocenters. The van der Waals surface area contributed by atoms with Crippen molar-refractivity contribution in [1.82, 2.24) is 9.47 Å². The summed E-state index contributed by atoms with van der Waals surface area (Å²) >= 11 is 15.4. The average molecular weight is 496 g/mol. The highest BCUT2D eigenvalue weighted by molar-refractivity contribution is 9.10. The van der Waals surface area contributed by atoms with Gasteiger partial charge in [-0.15, -0.1) is 10.2 Å². The third kappa shape index (κ3) is 4.19. The number of carbonyl (C=O) groups excluding carboxylic acids is 1. The molecule has 2 heterocycles. The van der Waals surface area contributed by atoms with E-state index in [4.69, 9.17) is 23.2 Å². The van der Waals surface area contributed by atoms with Crippen molar-refractivity contribution in [3.05, 3.63) is 56.5 Å². The predicted octanol–water partition coefficient (Wildman–Crippen LogP) is 6.39. The van der Waals surface area contributed by atoms with Crippen molar-refractivity contribution < 1.29 is 9.90 Å². The SMILES string of the molecule is O=C(N=Nc1c(O)n(CN2CCCC2)c2ccc(Br)cc12)c1ccc(Cl)cc1Cl. The topological polar surface area (TPSA) is 70.2 Å². The van der Waals surface area contributed by atoms with E-state index in [1.165, 1.54) is 12.1 Å². The molecular weight excluding hydrogens is 479 g/mol. The fourth-order valence-corrected chi connectivity index (χ4v) is 4.32. The quantitative estimate of drug-likeness (QED) is 0.426. The summed E-state index contributed by atoms with van der Waals surface area (Å²) in [6.45, 7) is 2.52. The Morgan fingerprint density at radius 3 is 2.62 bits per heavy atom. The standard InChI is InChI=1S/C20H17BrCl2N4O2/c21-12-3-6-17-15(9-12)18(20(29)27(17)11-26-7-1-2-8-26)24-25-19(28)14-5-4-13(22)10-16(14)23/h3-6,9-10,29H,1-2,7-8,11H2. The van der Waals surface area contributed by atoms with Crippen molar-refractivity contribution >= 4 is 61.6 Å². The fourth-order valence-electron chi connectivity index (χ4n) is 3.47. The molecule has 4 rings (SSSR count). The van der Waals surface area contributed by atoms with Crippen LogP contribution < -0.4 is 0 Å². The minimum absolute atomic E-state index is 0.0243. The molecule has 2 aromatic carbocycles. The Balaban J connectivity index is 1.72. The number of nitrogens with zero attached hydrogens (tertiary/aromatic N) is 4. The molecule has 150 valence electrons. The highest BCUT2D eigenvalue weighted by Gasteiger charge is 2.21. The minimum atomic E-state index is -0.610. The van der Waals surface area contributed by atoms with Crippen molar-refractivity contribution in [2.24, 2.45) is 10.2 Å². The van der Waals surface area contributed by atoms with Gasteiger partial charge in [0.1, 0.15) is 0 Å². The molecule has 1 aliphatic rings. The molecule has 0 radical (unpaired) electrons. The Morgan fingerprint density at radius 1 is 1.14 bits per heavy atom. The third-order valence-electron chi connectivity index (χ3n) is 4.91. The van der Waals surface area contributed by atoms with Gasteiger partial charge in [0, 0.05) is 14.9 Å². The van der Waals surface area contributed by atoms with Crippen molar-refractivity contribution in [2.45, 2.75) is 19.5 Å². The second kappa shape index (κ2) is 8.44. The Kier molecular flexibility index (Phi) is 5.92. The fraction of sp³-hybridized carbons (Fsp3) is 0.250. The number of hydrogen-bond donors (Lipinski definition) is 1. The van der Waals surface area contributed by atoms with Gasteiger partial charge in [-0.1, -0.05) is 39.1 Å². The maximum absolute atomic E-state index is 12.5. The lowest BCUT2D eigenvalue weighted by molar-refractivity contribution is 0.0995. The molecule has 3 aromatic rings. The maximum atomic E-state index is 12.5. The number of azo groups is 1. The molecule has 29 heavy (non-hydrogen) atoms. The molecule has 0 spiro atoms. The van der Waals surface area contributed by atoms with Crippen molar-refractivity contribution in [3.8, 4) is 5.88 Å². The van der Waals surface area contributed by atoms with E-state index < -0.39 is 5.91 Å². The van der Waals surface area contributed by atoms with E-state index in [-0.39, 0.29) is 22.2 Å². The number of amides is 1. The molecule has 1 aliphatic heterocycles. The number of benzene rings is 2. The molecule has 1 aromatic heterocycles. The first kappa shape index (κ1) is 20.3. The van der Waals surface area contributed by atoms with Crippen LogP contribution in [0.1, 0.15) is 23.2 Å². The van der Waals surface area contributed by atoms with Gasteiger partial charge in [-0.3, -0.25) is 14.3 Å². The summed E-state index contributed by atoms with van der Waals surface area (Å²) in [6.07, 6.45) is 2.29. The lowest BCUT2D eigenvalue weighted by Crippen LogP contribution is -2.22. The monoisotopic (exact) mass is 494 g/mol. The van der Waals surface area contributed by atoms with E-state index in [0.29, 0.717) is 17.1 Å². The summed E-state index contributed by atoms with van der Waals surface area (Å²) in [5.74, 6) is -0.634. The first-order valence-corrected chi connectivity index (χ1v) is 10.6. The van der Waals surface area contributed by atoms with Gasteiger partial charge in [0.2, 0.25) is 5.88 Å². The van der Waals surface area contributed by atoms with Gasteiger partial charge < -0.3 is 5.11 Å². The Bertz CT molecular complexity index is 1120. The number of fused-ring (bicyclic) bond motifs is 1. The third-order valence-corrected chi connectivity index (χ3v) is 5.96. The molecule has 0 bridgehead atoms. The molecule has 6 nitrogen and oxygen atoms in total. The summed E-state index contributed by atoms with van der Waals surface area (Å²) in [7, 11) is 0. The van der Waals surface area contributed by atoms with E-state index >= 15 is 0 Å². The smallest absolute Gasteiger partial charge is 0.296 e. The van der Waals surface area contributed by atoms with E-state index in [1.807, 2.05) is 18.2 Å². The number of rotatable bonds is 4. The zero-order chi connectivity index (χ0) is 20.5. The van der Waals surface area contributed by atoms with Gasteiger partial charge in [-0.2, -0.15) is 0 Å². The van der Waals surface area contributed by atoms with Crippen molar-refractivity contribution in [1.29, 1.82) is 0 Å². The van der Waals surface area contributed by atoms with Crippen LogP contribution in [0, 0.1) is 0 Å². The molecule has 1 amide bonds. The lowest BCUT2D eigenvalue weighted by Gasteiger charge is -2.17. The van der Waals surface area contributed by atoms with E-state index in [1.54, 1.807) is 10.6 Å². The van der Waals surface area contributed by atoms with Crippen LogP contribution in [0.3, 0.4) is 0 Å². The number of likely N-dealkylation sites (tertiary alicyclic amines) is 1. The first-order valence-electron chi connectivity index (χ1n) is 9.08. The first-order chi connectivity index (χ1) is 13.9. The normalized spacial score (nSPS) is 15.0. The average Bonchev–Trinajstić information content (AvgIpc) is 3.27. The van der Waals surface area contributed by atoms with Crippen LogP contribution in [-0.4, -0.2) is 33.6 Å². The van der Waals surface area contributed by atoms with Gasteiger partial charge in [-0.05, 0) is 62.3 Å².